The van der Waals surface area contributed by atoms with Crippen LogP contribution < -0.4 is 26.2 Å². The number of thiophene rings is 1. The van der Waals surface area contributed by atoms with Gasteiger partial charge in [-0.1, -0.05) is 104 Å². The molecule has 0 radical (unpaired) electrons. The summed E-state index contributed by atoms with van der Waals surface area (Å²) in [6.45, 7) is 21.9. The van der Waals surface area contributed by atoms with Crippen LogP contribution in [0, 0.1) is 6.92 Å². The summed E-state index contributed by atoms with van der Waals surface area (Å²) in [5, 5.41) is 2.70. The molecule has 0 saturated heterocycles. The Hall–Kier alpha value is -4.02. The second kappa shape index (κ2) is 10.1. The summed E-state index contributed by atoms with van der Waals surface area (Å²) in [7, 11) is 0. The van der Waals surface area contributed by atoms with Crippen molar-refractivity contribution in [1.29, 1.82) is 0 Å². The molecule has 51 heavy (non-hydrogen) atoms. The Balaban J connectivity index is 1.33. The van der Waals surface area contributed by atoms with Crippen molar-refractivity contribution < 1.29 is 0 Å². The highest BCUT2D eigenvalue weighted by molar-refractivity contribution is 7.25. The lowest BCUT2D eigenvalue weighted by Gasteiger charge is -2.53. The van der Waals surface area contributed by atoms with Gasteiger partial charge in [0.15, 0.2) is 0 Å². The topological polar surface area (TPSA) is 6.48 Å². The van der Waals surface area contributed by atoms with Gasteiger partial charge in [-0.3, -0.25) is 0 Å². The van der Waals surface area contributed by atoms with Crippen LogP contribution in [0.2, 0.25) is 0 Å². The van der Waals surface area contributed by atoms with E-state index >= 15 is 0 Å². The maximum atomic E-state index is 2.87. The summed E-state index contributed by atoms with van der Waals surface area (Å²) in [6.07, 6.45) is 5.04. The standard InChI is InChI=1S/C47H49BN2S/c1-28-22-38-42-39(23-28)50-43-34(46(8)20-12-13-21-47(46,50)9)24-30(45(5,6)7)25-36(43)48(42)35-18-16-29(44(2,3)4)26-37(35)49(38)31-17-19-41-33(27-31)32-14-10-11-15-40(32)51-41/h10-11,14-19,22-27H,12-13,20-21H2,1-9H3. The second-order valence-corrected chi connectivity index (χ2v) is 19.7. The monoisotopic (exact) mass is 684 g/mol. The van der Waals surface area contributed by atoms with Crippen LogP contribution in [0.15, 0.2) is 84.9 Å². The highest BCUT2D eigenvalue weighted by atomic mass is 32.1. The number of hydrogen-bond donors (Lipinski definition) is 0. The molecule has 6 aromatic rings. The Morgan fingerprint density at radius 3 is 2.18 bits per heavy atom. The largest absolute Gasteiger partial charge is 0.335 e. The van der Waals surface area contributed by atoms with E-state index in [0.29, 0.717) is 0 Å². The minimum Gasteiger partial charge on any atom is -0.335 e. The summed E-state index contributed by atoms with van der Waals surface area (Å²) in [5.74, 6) is 0. The van der Waals surface area contributed by atoms with Crippen LogP contribution in [-0.2, 0) is 16.2 Å². The SMILES string of the molecule is Cc1cc2c3c(c1)N1c4c(cc(C(C)(C)C)cc4C4(C)CCCCC14C)B3c1ccc(C(C)(C)C)cc1N2c1ccc2sc3ccccc3c2c1. The quantitative estimate of drug-likeness (QED) is 0.159. The molecule has 1 aromatic heterocycles. The number of rotatable bonds is 1. The van der Waals surface area contributed by atoms with E-state index in [2.05, 4.69) is 157 Å². The van der Waals surface area contributed by atoms with Crippen molar-refractivity contribution in [3.8, 4) is 0 Å². The van der Waals surface area contributed by atoms with Crippen LogP contribution in [0.25, 0.3) is 20.2 Å². The van der Waals surface area contributed by atoms with Gasteiger partial charge in [0, 0.05) is 54.0 Å². The fourth-order valence-electron chi connectivity index (χ4n) is 10.5. The Bertz CT molecular complexity index is 2480. The van der Waals surface area contributed by atoms with Gasteiger partial charge < -0.3 is 9.80 Å². The van der Waals surface area contributed by atoms with Gasteiger partial charge in [-0.2, -0.15) is 0 Å². The van der Waals surface area contributed by atoms with Crippen molar-refractivity contribution >= 4 is 83.0 Å². The molecule has 256 valence electrons. The lowest BCUT2D eigenvalue weighted by Crippen LogP contribution is -2.64. The minimum atomic E-state index is 0.0150. The molecule has 1 aliphatic carbocycles. The summed E-state index contributed by atoms with van der Waals surface area (Å²) < 4.78 is 2.70. The fraction of sp³-hybridized carbons (Fsp3) is 0.362. The van der Waals surface area contributed by atoms with Crippen LogP contribution >= 0.6 is 11.3 Å². The minimum absolute atomic E-state index is 0.0150. The van der Waals surface area contributed by atoms with Gasteiger partial charge in [0.2, 0.25) is 0 Å². The predicted molar refractivity (Wildman–Crippen MR) is 224 cm³/mol. The van der Waals surface area contributed by atoms with Crippen LogP contribution in [0.5, 0.6) is 0 Å². The van der Waals surface area contributed by atoms with E-state index in [-0.39, 0.29) is 28.5 Å². The highest BCUT2D eigenvalue weighted by Crippen LogP contribution is 2.62. The maximum Gasteiger partial charge on any atom is 0.252 e. The molecule has 4 heteroatoms. The van der Waals surface area contributed by atoms with E-state index in [1.165, 1.54) is 107 Å². The van der Waals surface area contributed by atoms with Gasteiger partial charge in [0.1, 0.15) is 0 Å². The number of fused-ring (bicyclic) bond motifs is 10. The molecule has 1 fully saturated rings. The molecule has 0 amide bonds. The Kier molecular flexibility index (Phi) is 6.28. The molecule has 2 atom stereocenters. The fourth-order valence-corrected chi connectivity index (χ4v) is 11.6. The van der Waals surface area contributed by atoms with Crippen molar-refractivity contribution in [3.05, 3.63) is 107 Å². The zero-order valence-corrected chi connectivity index (χ0v) is 32.6. The van der Waals surface area contributed by atoms with Gasteiger partial charge in [0.25, 0.3) is 6.71 Å². The summed E-state index contributed by atoms with van der Waals surface area (Å²) >= 11 is 1.90. The van der Waals surface area contributed by atoms with E-state index in [1.54, 1.807) is 5.56 Å². The molecule has 5 aromatic carbocycles. The molecule has 2 nitrogen and oxygen atoms in total. The molecule has 0 N–H and O–H groups in total. The summed E-state index contributed by atoms with van der Waals surface area (Å²) in [6, 6.07) is 33.8. The van der Waals surface area contributed by atoms with Crippen molar-refractivity contribution in [3.63, 3.8) is 0 Å². The van der Waals surface area contributed by atoms with E-state index in [4.69, 9.17) is 0 Å². The molecule has 4 aliphatic rings. The van der Waals surface area contributed by atoms with Gasteiger partial charge in [-0.05, 0) is 119 Å². The molecule has 2 unspecified atom stereocenters. The first kappa shape index (κ1) is 31.7. The van der Waals surface area contributed by atoms with Gasteiger partial charge in [-0.25, -0.2) is 0 Å². The molecule has 10 rings (SSSR count). The molecule has 0 spiro atoms. The molecule has 3 aliphatic heterocycles. The van der Waals surface area contributed by atoms with Crippen LogP contribution in [-0.4, -0.2) is 12.3 Å². The number of benzene rings is 5. The van der Waals surface area contributed by atoms with E-state index in [9.17, 15) is 0 Å². The summed E-state index contributed by atoms with van der Waals surface area (Å²) in [4.78, 5) is 5.50. The zero-order valence-electron chi connectivity index (χ0n) is 31.8. The molecular weight excluding hydrogens is 635 g/mol. The number of hydrogen-bond acceptors (Lipinski definition) is 3. The van der Waals surface area contributed by atoms with E-state index in [0.717, 1.165) is 0 Å². The first-order valence-corrected chi connectivity index (χ1v) is 20.0. The molecule has 4 heterocycles. The van der Waals surface area contributed by atoms with Crippen molar-refractivity contribution in [2.45, 2.75) is 110 Å². The third-order valence-corrected chi connectivity index (χ3v) is 14.7. The highest BCUT2D eigenvalue weighted by Gasteiger charge is 2.61. The normalized spacial score (nSPS) is 21.9. The van der Waals surface area contributed by atoms with Crippen molar-refractivity contribution in [2.75, 3.05) is 9.80 Å². The van der Waals surface area contributed by atoms with Crippen LogP contribution in [0.4, 0.5) is 28.4 Å². The number of anilines is 5. The average molecular weight is 685 g/mol. The summed E-state index contributed by atoms with van der Waals surface area (Å²) in [5.41, 5.74) is 17.2. The smallest absolute Gasteiger partial charge is 0.252 e. The zero-order chi connectivity index (χ0) is 35.4. The van der Waals surface area contributed by atoms with Gasteiger partial charge in [0.05, 0.1) is 5.54 Å². The van der Waals surface area contributed by atoms with Gasteiger partial charge >= 0.3 is 0 Å². The first-order valence-electron chi connectivity index (χ1n) is 19.2. The average Bonchev–Trinajstić information content (AvgIpc) is 3.55. The number of nitrogens with zero attached hydrogens (tertiary/aromatic N) is 2. The molecular formula is C47H49BN2S. The van der Waals surface area contributed by atoms with Crippen molar-refractivity contribution in [1.82, 2.24) is 0 Å². The predicted octanol–water partition coefficient (Wildman–Crippen LogP) is 11.3. The van der Waals surface area contributed by atoms with Gasteiger partial charge in [-0.15, -0.1) is 11.3 Å². The number of aryl methyl sites for hydroxylation is 1. The Morgan fingerprint density at radius 1 is 0.667 bits per heavy atom. The van der Waals surface area contributed by atoms with E-state index in [1.807, 2.05) is 11.3 Å². The lowest BCUT2D eigenvalue weighted by atomic mass is 9.33. The lowest BCUT2D eigenvalue weighted by molar-refractivity contribution is 0.195. The van der Waals surface area contributed by atoms with Crippen LogP contribution in [0.1, 0.15) is 103 Å². The van der Waals surface area contributed by atoms with E-state index < -0.39 is 0 Å². The maximum absolute atomic E-state index is 2.87. The third-order valence-electron chi connectivity index (χ3n) is 13.5. The molecule has 1 saturated carbocycles. The first-order chi connectivity index (χ1) is 24.2. The molecule has 0 bridgehead atoms. The van der Waals surface area contributed by atoms with Crippen LogP contribution in [0.3, 0.4) is 0 Å². The Morgan fingerprint density at radius 2 is 1.39 bits per heavy atom. The second-order valence-electron chi connectivity index (χ2n) is 18.6. The Labute approximate surface area is 308 Å². The third kappa shape index (κ3) is 4.12. The van der Waals surface area contributed by atoms with Crippen molar-refractivity contribution in [2.24, 2.45) is 0 Å².